The van der Waals surface area contributed by atoms with E-state index in [4.69, 9.17) is 0 Å². The van der Waals surface area contributed by atoms with Crippen molar-refractivity contribution >= 4 is 17.5 Å². The van der Waals surface area contributed by atoms with Crippen LogP contribution in [-0.4, -0.2) is 17.1 Å². The van der Waals surface area contributed by atoms with Crippen LogP contribution < -0.4 is 16.0 Å². The number of hydrogen-bond donors (Lipinski definition) is 3. The Morgan fingerprint density at radius 1 is 1.16 bits per heavy atom. The third kappa shape index (κ3) is 5.48. The van der Waals surface area contributed by atoms with Crippen LogP contribution in [0.15, 0.2) is 42.6 Å². The fourth-order valence-electron chi connectivity index (χ4n) is 3.18. The van der Waals surface area contributed by atoms with E-state index in [1.54, 1.807) is 6.20 Å². The summed E-state index contributed by atoms with van der Waals surface area (Å²) in [6.07, 6.45) is 7.56. The third-order valence-corrected chi connectivity index (χ3v) is 4.52. The van der Waals surface area contributed by atoms with Crippen molar-refractivity contribution in [3.63, 3.8) is 0 Å². The molecule has 0 unspecified atom stereocenters. The number of carbonyl (C=O) groups excluding carboxylic acids is 1. The molecule has 1 saturated carbocycles. The lowest BCUT2D eigenvalue weighted by Crippen LogP contribution is -2.39. The summed E-state index contributed by atoms with van der Waals surface area (Å²) in [4.78, 5) is 16.3. The number of pyridine rings is 1. The Kier molecular flexibility index (Phi) is 5.88. The summed E-state index contributed by atoms with van der Waals surface area (Å²) in [5, 5.41) is 9.18. The summed E-state index contributed by atoms with van der Waals surface area (Å²) in [5.74, 6) is 0.564. The predicted molar refractivity (Wildman–Crippen MR) is 102 cm³/mol. The molecule has 25 heavy (non-hydrogen) atoms. The molecule has 1 fully saturated rings. The molecule has 132 valence electrons. The van der Waals surface area contributed by atoms with E-state index in [1.165, 1.54) is 30.4 Å². The lowest BCUT2D eigenvalue weighted by atomic mass is 9.96. The van der Waals surface area contributed by atoms with E-state index >= 15 is 0 Å². The second-order valence-electron chi connectivity index (χ2n) is 6.71. The zero-order chi connectivity index (χ0) is 17.5. The Bertz CT molecular complexity index is 693. The van der Waals surface area contributed by atoms with Crippen molar-refractivity contribution in [2.45, 2.75) is 51.6 Å². The number of anilines is 2. The summed E-state index contributed by atoms with van der Waals surface area (Å²) in [7, 11) is 0. The van der Waals surface area contributed by atoms with Gasteiger partial charge in [-0.3, -0.25) is 5.32 Å². The fourth-order valence-corrected chi connectivity index (χ4v) is 3.18. The van der Waals surface area contributed by atoms with E-state index in [2.05, 4.69) is 52.1 Å². The first kappa shape index (κ1) is 17.3. The lowest BCUT2D eigenvalue weighted by molar-refractivity contribution is 0.244. The van der Waals surface area contributed by atoms with Crippen molar-refractivity contribution in [3.8, 4) is 0 Å². The summed E-state index contributed by atoms with van der Waals surface area (Å²) in [6.45, 7) is 2.84. The molecule has 0 saturated heterocycles. The number of aromatic nitrogens is 1. The molecular weight excluding hydrogens is 312 g/mol. The maximum atomic E-state index is 12.0. The molecule has 0 bridgehead atoms. The molecule has 3 rings (SSSR count). The topological polar surface area (TPSA) is 66.0 Å². The molecule has 0 atom stereocenters. The Hall–Kier alpha value is -2.56. The van der Waals surface area contributed by atoms with Crippen molar-refractivity contribution in [1.82, 2.24) is 10.3 Å². The second kappa shape index (κ2) is 8.51. The molecule has 2 amide bonds. The van der Waals surface area contributed by atoms with Crippen LogP contribution in [0.25, 0.3) is 0 Å². The van der Waals surface area contributed by atoms with Crippen molar-refractivity contribution in [3.05, 3.63) is 53.7 Å². The number of benzene rings is 1. The van der Waals surface area contributed by atoms with Crippen LogP contribution in [0, 0.1) is 6.92 Å². The summed E-state index contributed by atoms with van der Waals surface area (Å²) in [6, 6.07) is 12.3. The van der Waals surface area contributed by atoms with E-state index in [1.807, 2.05) is 12.1 Å². The van der Waals surface area contributed by atoms with Gasteiger partial charge in [-0.25, -0.2) is 9.78 Å². The number of hydrogen-bond acceptors (Lipinski definition) is 3. The monoisotopic (exact) mass is 338 g/mol. The number of nitrogens with one attached hydrogen (secondary N) is 3. The van der Waals surface area contributed by atoms with E-state index in [9.17, 15) is 4.79 Å². The molecule has 1 aliphatic carbocycles. The summed E-state index contributed by atoms with van der Waals surface area (Å²) < 4.78 is 0. The Labute approximate surface area is 149 Å². The number of nitrogens with zero attached hydrogens (tertiary/aromatic N) is 1. The minimum Gasteiger partial charge on any atom is -0.380 e. The molecule has 3 N–H and O–H groups in total. The van der Waals surface area contributed by atoms with Gasteiger partial charge in [0.15, 0.2) is 0 Å². The fraction of sp³-hybridized carbons (Fsp3) is 0.400. The minimum atomic E-state index is -0.167. The lowest BCUT2D eigenvalue weighted by Gasteiger charge is -2.22. The molecule has 1 aromatic carbocycles. The van der Waals surface area contributed by atoms with Gasteiger partial charge < -0.3 is 10.6 Å². The highest BCUT2D eigenvalue weighted by Crippen LogP contribution is 2.17. The molecular formula is C20H26N4O. The van der Waals surface area contributed by atoms with Gasteiger partial charge in [-0.15, -0.1) is 0 Å². The van der Waals surface area contributed by atoms with Crippen LogP contribution in [0.5, 0.6) is 0 Å². The van der Waals surface area contributed by atoms with Gasteiger partial charge in [0.2, 0.25) is 0 Å². The van der Waals surface area contributed by atoms with Gasteiger partial charge in [-0.05, 0) is 37.5 Å². The van der Waals surface area contributed by atoms with Crippen molar-refractivity contribution < 1.29 is 4.79 Å². The molecule has 5 heteroatoms. The zero-order valence-corrected chi connectivity index (χ0v) is 14.7. The average molecular weight is 338 g/mol. The molecule has 1 aliphatic rings. The van der Waals surface area contributed by atoms with Gasteiger partial charge >= 0.3 is 6.03 Å². The SMILES string of the molecule is Cc1cccc(CNc2ccc(NC(=O)NC3CCCCC3)nc2)c1. The van der Waals surface area contributed by atoms with Crippen molar-refractivity contribution in [2.75, 3.05) is 10.6 Å². The first-order valence-electron chi connectivity index (χ1n) is 9.02. The normalized spacial score (nSPS) is 14.8. The summed E-state index contributed by atoms with van der Waals surface area (Å²) in [5.41, 5.74) is 3.41. The number of aryl methyl sites for hydroxylation is 1. The van der Waals surface area contributed by atoms with Crippen LogP contribution in [0.2, 0.25) is 0 Å². The first-order chi connectivity index (χ1) is 12.2. The summed E-state index contributed by atoms with van der Waals surface area (Å²) >= 11 is 0. The largest absolute Gasteiger partial charge is 0.380 e. The Balaban J connectivity index is 1.47. The Morgan fingerprint density at radius 3 is 2.72 bits per heavy atom. The third-order valence-electron chi connectivity index (χ3n) is 4.52. The van der Waals surface area contributed by atoms with Gasteiger partial charge in [0.05, 0.1) is 11.9 Å². The van der Waals surface area contributed by atoms with Gasteiger partial charge in [-0.2, -0.15) is 0 Å². The van der Waals surface area contributed by atoms with Gasteiger partial charge in [0.1, 0.15) is 5.82 Å². The van der Waals surface area contributed by atoms with Crippen LogP contribution in [-0.2, 0) is 6.54 Å². The number of carbonyl (C=O) groups is 1. The molecule has 2 aromatic rings. The smallest absolute Gasteiger partial charge is 0.320 e. The first-order valence-corrected chi connectivity index (χ1v) is 9.02. The maximum absolute atomic E-state index is 12.0. The van der Waals surface area contributed by atoms with E-state index in [0.717, 1.165) is 25.1 Å². The molecule has 0 aliphatic heterocycles. The standard InChI is InChI=1S/C20H26N4O/c1-15-6-5-7-16(12-15)13-21-18-10-11-19(22-14-18)24-20(25)23-17-8-3-2-4-9-17/h5-7,10-12,14,17,21H,2-4,8-9,13H2,1H3,(H2,22,23,24,25). The quantitative estimate of drug-likeness (QED) is 0.754. The van der Waals surface area contributed by atoms with Crippen LogP contribution in [0.1, 0.15) is 43.2 Å². The van der Waals surface area contributed by atoms with Crippen molar-refractivity contribution in [1.29, 1.82) is 0 Å². The van der Waals surface area contributed by atoms with Crippen LogP contribution in [0.4, 0.5) is 16.3 Å². The van der Waals surface area contributed by atoms with Crippen LogP contribution in [0.3, 0.4) is 0 Å². The van der Waals surface area contributed by atoms with Crippen molar-refractivity contribution in [2.24, 2.45) is 0 Å². The van der Waals surface area contributed by atoms with Crippen LogP contribution >= 0.6 is 0 Å². The average Bonchev–Trinajstić information content (AvgIpc) is 2.62. The van der Waals surface area contributed by atoms with Gasteiger partial charge in [0.25, 0.3) is 0 Å². The molecule has 1 heterocycles. The molecule has 0 spiro atoms. The van der Waals surface area contributed by atoms with E-state index < -0.39 is 0 Å². The van der Waals surface area contributed by atoms with Gasteiger partial charge in [-0.1, -0.05) is 49.1 Å². The number of amides is 2. The minimum absolute atomic E-state index is 0.167. The number of rotatable bonds is 5. The second-order valence-corrected chi connectivity index (χ2v) is 6.71. The van der Waals surface area contributed by atoms with E-state index in [0.29, 0.717) is 11.9 Å². The highest BCUT2D eigenvalue weighted by Gasteiger charge is 2.15. The number of urea groups is 1. The van der Waals surface area contributed by atoms with Gasteiger partial charge in [0, 0.05) is 12.6 Å². The highest BCUT2D eigenvalue weighted by atomic mass is 16.2. The zero-order valence-electron chi connectivity index (χ0n) is 14.7. The molecule has 0 radical (unpaired) electrons. The Morgan fingerprint density at radius 2 is 2.00 bits per heavy atom. The maximum Gasteiger partial charge on any atom is 0.320 e. The molecule has 1 aromatic heterocycles. The van der Waals surface area contributed by atoms with E-state index in [-0.39, 0.29) is 6.03 Å². The predicted octanol–water partition coefficient (Wildman–Crippen LogP) is 4.46. The molecule has 5 nitrogen and oxygen atoms in total. The highest BCUT2D eigenvalue weighted by molar-refractivity contribution is 5.88.